The maximum atomic E-state index is 10.1. The van der Waals surface area contributed by atoms with E-state index in [-0.39, 0.29) is 12.1 Å². The van der Waals surface area contributed by atoms with Crippen LogP contribution in [0.15, 0.2) is 48.5 Å². The first-order chi connectivity index (χ1) is 9.99. The molecular formula is C19H25NO. The molecule has 2 rings (SSSR count). The van der Waals surface area contributed by atoms with Crippen LogP contribution in [-0.4, -0.2) is 5.11 Å². The van der Waals surface area contributed by atoms with Crippen LogP contribution in [-0.2, 0) is 0 Å². The monoisotopic (exact) mass is 283 g/mol. The lowest BCUT2D eigenvalue weighted by Crippen LogP contribution is -2.28. The van der Waals surface area contributed by atoms with Crippen molar-refractivity contribution >= 4 is 0 Å². The van der Waals surface area contributed by atoms with Crippen LogP contribution < -0.4 is 5.32 Å². The average molecular weight is 283 g/mol. The quantitative estimate of drug-likeness (QED) is 0.830. The van der Waals surface area contributed by atoms with Gasteiger partial charge in [-0.05, 0) is 31.4 Å². The Balaban J connectivity index is 2.23. The van der Waals surface area contributed by atoms with Crippen LogP contribution in [0.5, 0.6) is 5.75 Å². The Hall–Kier alpha value is -1.80. The van der Waals surface area contributed by atoms with Crippen molar-refractivity contribution in [3.05, 3.63) is 65.2 Å². The molecule has 0 bridgehead atoms. The van der Waals surface area contributed by atoms with Gasteiger partial charge in [0, 0.05) is 17.6 Å². The highest BCUT2D eigenvalue weighted by Crippen LogP contribution is 2.30. The summed E-state index contributed by atoms with van der Waals surface area (Å²) in [5.41, 5.74) is 3.40. The molecule has 2 N–H and O–H groups in total. The second-order valence-electron chi connectivity index (χ2n) is 6.08. The van der Waals surface area contributed by atoms with Crippen LogP contribution in [0.2, 0.25) is 0 Å². The maximum Gasteiger partial charge on any atom is 0.120 e. The normalized spacial score (nSPS) is 14.1. The third kappa shape index (κ3) is 3.85. The maximum absolute atomic E-state index is 10.1. The Labute approximate surface area is 127 Å². The fourth-order valence-electron chi connectivity index (χ4n) is 2.71. The van der Waals surface area contributed by atoms with Crippen molar-refractivity contribution in [1.29, 1.82) is 0 Å². The molecule has 0 fully saturated rings. The third-order valence-electron chi connectivity index (χ3n) is 3.90. The molecule has 2 aromatic rings. The van der Waals surface area contributed by atoms with E-state index in [0.717, 1.165) is 11.1 Å². The fraction of sp³-hybridized carbons (Fsp3) is 0.368. The second-order valence-corrected chi connectivity index (χ2v) is 6.08. The lowest BCUT2D eigenvalue weighted by atomic mass is 9.94. The largest absolute Gasteiger partial charge is 0.508 e. The van der Waals surface area contributed by atoms with E-state index < -0.39 is 0 Å². The molecule has 112 valence electrons. The van der Waals surface area contributed by atoms with E-state index in [1.54, 1.807) is 6.07 Å². The Bertz CT molecular complexity index is 577. The van der Waals surface area contributed by atoms with Crippen LogP contribution in [0.3, 0.4) is 0 Å². The first-order valence-electron chi connectivity index (χ1n) is 7.59. The van der Waals surface area contributed by atoms with Crippen molar-refractivity contribution in [2.75, 3.05) is 0 Å². The third-order valence-corrected chi connectivity index (χ3v) is 3.90. The van der Waals surface area contributed by atoms with Gasteiger partial charge < -0.3 is 10.4 Å². The lowest BCUT2D eigenvalue weighted by molar-refractivity contribution is 0.366. The smallest absolute Gasteiger partial charge is 0.120 e. The molecule has 0 saturated carbocycles. The van der Waals surface area contributed by atoms with Crippen molar-refractivity contribution in [3.8, 4) is 5.75 Å². The van der Waals surface area contributed by atoms with Crippen molar-refractivity contribution in [2.45, 2.75) is 39.8 Å². The summed E-state index contributed by atoms with van der Waals surface area (Å²) in [5, 5.41) is 13.7. The minimum atomic E-state index is 0.0949. The number of hydrogen-bond donors (Lipinski definition) is 2. The minimum absolute atomic E-state index is 0.0949. The van der Waals surface area contributed by atoms with Gasteiger partial charge >= 0.3 is 0 Å². The summed E-state index contributed by atoms with van der Waals surface area (Å²) in [7, 11) is 0. The predicted molar refractivity (Wildman–Crippen MR) is 88.4 cm³/mol. The van der Waals surface area contributed by atoms with Gasteiger partial charge in [0.05, 0.1) is 0 Å². The summed E-state index contributed by atoms with van der Waals surface area (Å²) >= 11 is 0. The molecule has 0 amide bonds. The van der Waals surface area contributed by atoms with Crippen LogP contribution in [0, 0.1) is 12.8 Å². The zero-order valence-corrected chi connectivity index (χ0v) is 13.3. The lowest BCUT2D eigenvalue weighted by Gasteiger charge is -2.27. The van der Waals surface area contributed by atoms with Crippen LogP contribution in [0.1, 0.15) is 49.5 Å². The summed E-state index contributed by atoms with van der Waals surface area (Å²) in [6.07, 6.45) is 0. The molecular weight excluding hydrogens is 258 g/mol. The zero-order valence-electron chi connectivity index (χ0n) is 13.3. The number of aryl methyl sites for hydroxylation is 1. The number of phenolic OH excluding ortho intramolecular Hbond substituents is 1. The second kappa shape index (κ2) is 6.77. The van der Waals surface area contributed by atoms with E-state index in [1.165, 1.54) is 5.56 Å². The van der Waals surface area contributed by atoms with E-state index >= 15 is 0 Å². The molecule has 2 unspecified atom stereocenters. The van der Waals surface area contributed by atoms with Gasteiger partial charge in [-0.1, -0.05) is 61.9 Å². The highest BCUT2D eigenvalue weighted by atomic mass is 16.3. The molecule has 2 aromatic carbocycles. The minimum Gasteiger partial charge on any atom is -0.508 e. The summed E-state index contributed by atoms with van der Waals surface area (Å²) in [6, 6.07) is 16.6. The first kappa shape index (κ1) is 15.6. The molecule has 0 spiro atoms. The highest BCUT2D eigenvalue weighted by molar-refractivity contribution is 5.38. The number of rotatable bonds is 5. The van der Waals surface area contributed by atoms with Crippen molar-refractivity contribution in [3.63, 3.8) is 0 Å². The van der Waals surface area contributed by atoms with Gasteiger partial charge in [0.1, 0.15) is 5.75 Å². The Morgan fingerprint density at radius 2 is 1.62 bits per heavy atom. The molecule has 0 radical (unpaired) electrons. The Morgan fingerprint density at radius 3 is 2.24 bits per heavy atom. The molecule has 0 saturated heterocycles. The number of benzene rings is 2. The van der Waals surface area contributed by atoms with Gasteiger partial charge in [-0.2, -0.15) is 0 Å². The standard InChI is InChI=1S/C19H25NO/c1-13(2)19(16-8-6-5-7-9-16)20-15(4)17-12-14(3)10-11-18(17)21/h5-13,15,19-21H,1-4H3. The number of hydrogen-bond acceptors (Lipinski definition) is 2. The molecule has 21 heavy (non-hydrogen) atoms. The molecule has 0 aliphatic rings. The molecule has 0 aliphatic carbocycles. The van der Waals surface area contributed by atoms with E-state index in [1.807, 2.05) is 19.1 Å². The van der Waals surface area contributed by atoms with Crippen molar-refractivity contribution in [2.24, 2.45) is 5.92 Å². The van der Waals surface area contributed by atoms with Gasteiger partial charge in [-0.25, -0.2) is 0 Å². The van der Waals surface area contributed by atoms with Gasteiger partial charge in [-0.3, -0.25) is 0 Å². The van der Waals surface area contributed by atoms with Gasteiger partial charge in [-0.15, -0.1) is 0 Å². The van der Waals surface area contributed by atoms with E-state index in [4.69, 9.17) is 0 Å². The van der Waals surface area contributed by atoms with Crippen LogP contribution >= 0.6 is 0 Å². The predicted octanol–water partition coefficient (Wildman–Crippen LogP) is 4.75. The molecule has 2 heteroatoms. The van der Waals surface area contributed by atoms with E-state index in [9.17, 15) is 5.11 Å². The summed E-state index contributed by atoms with van der Waals surface area (Å²) in [5.74, 6) is 0.831. The fourth-order valence-corrected chi connectivity index (χ4v) is 2.71. The first-order valence-corrected chi connectivity index (χ1v) is 7.59. The number of phenols is 1. The summed E-state index contributed by atoms with van der Waals surface area (Å²) in [6.45, 7) is 8.58. The zero-order chi connectivity index (χ0) is 15.4. The van der Waals surface area contributed by atoms with Gasteiger partial charge in [0.15, 0.2) is 0 Å². The van der Waals surface area contributed by atoms with Gasteiger partial charge in [0.25, 0.3) is 0 Å². The molecule has 0 aliphatic heterocycles. The van der Waals surface area contributed by atoms with Crippen LogP contribution in [0.4, 0.5) is 0 Å². The molecule has 0 heterocycles. The molecule has 2 atom stereocenters. The van der Waals surface area contributed by atoms with E-state index in [0.29, 0.717) is 11.7 Å². The topological polar surface area (TPSA) is 32.3 Å². The Kier molecular flexibility index (Phi) is 5.03. The summed E-state index contributed by atoms with van der Waals surface area (Å²) in [4.78, 5) is 0. The van der Waals surface area contributed by atoms with Crippen molar-refractivity contribution in [1.82, 2.24) is 5.32 Å². The van der Waals surface area contributed by atoms with Gasteiger partial charge in [0.2, 0.25) is 0 Å². The SMILES string of the molecule is Cc1ccc(O)c(C(C)NC(c2ccccc2)C(C)C)c1. The molecule has 2 nitrogen and oxygen atoms in total. The molecule has 0 aromatic heterocycles. The highest BCUT2D eigenvalue weighted by Gasteiger charge is 2.20. The summed E-state index contributed by atoms with van der Waals surface area (Å²) < 4.78 is 0. The van der Waals surface area contributed by atoms with Crippen LogP contribution in [0.25, 0.3) is 0 Å². The average Bonchev–Trinajstić information content (AvgIpc) is 2.47. The Morgan fingerprint density at radius 1 is 0.952 bits per heavy atom. The van der Waals surface area contributed by atoms with Crippen molar-refractivity contribution < 1.29 is 5.11 Å². The van der Waals surface area contributed by atoms with E-state index in [2.05, 4.69) is 56.4 Å². The number of nitrogens with one attached hydrogen (secondary N) is 1. The number of aromatic hydroxyl groups is 1.